The summed E-state index contributed by atoms with van der Waals surface area (Å²) in [5.74, 6) is 0.557. The lowest BCUT2D eigenvalue weighted by Crippen LogP contribution is -2.15. The smallest absolute Gasteiger partial charge is 0.0453 e. The van der Waals surface area contributed by atoms with Crippen LogP contribution in [0.1, 0.15) is 37.3 Å². The van der Waals surface area contributed by atoms with Crippen LogP contribution in [0.4, 0.5) is 0 Å². The van der Waals surface area contributed by atoms with Gasteiger partial charge in [-0.15, -0.1) is 6.58 Å². The lowest BCUT2D eigenvalue weighted by Gasteiger charge is -2.17. The van der Waals surface area contributed by atoms with Gasteiger partial charge in [0, 0.05) is 18.7 Å². The molecule has 1 aromatic rings. The highest BCUT2D eigenvalue weighted by Gasteiger charge is 2.22. The molecule has 0 aromatic heterocycles. The van der Waals surface area contributed by atoms with Crippen LogP contribution in [-0.2, 0) is 6.42 Å². The molecule has 90 valence electrons. The maximum absolute atomic E-state index is 4.56. The Kier molecular flexibility index (Phi) is 3.78. The van der Waals surface area contributed by atoms with Crippen LogP contribution < -0.4 is 0 Å². The number of fused-ring (bicyclic) bond motifs is 1. The van der Waals surface area contributed by atoms with E-state index in [0.29, 0.717) is 5.92 Å². The van der Waals surface area contributed by atoms with Crippen LogP contribution >= 0.6 is 0 Å². The molecule has 0 spiro atoms. The summed E-state index contributed by atoms with van der Waals surface area (Å²) < 4.78 is 0. The molecule has 0 fully saturated rings. The molecule has 0 amide bonds. The Morgan fingerprint density at radius 3 is 2.88 bits per heavy atom. The Hall–Kier alpha value is -1.37. The Morgan fingerprint density at radius 2 is 2.18 bits per heavy atom. The Balaban J connectivity index is 2.38. The van der Waals surface area contributed by atoms with Crippen molar-refractivity contribution in [2.45, 2.75) is 32.6 Å². The van der Waals surface area contributed by atoms with Gasteiger partial charge in [-0.1, -0.05) is 29.8 Å². The van der Waals surface area contributed by atoms with Crippen LogP contribution in [0.15, 0.2) is 41.4 Å². The van der Waals surface area contributed by atoms with Gasteiger partial charge in [0.25, 0.3) is 0 Å². The number of allylic oxidation sites excluding steroid dienone is 1. The number of aryl methyl sites for hydroxylation is 1. The van der Waals surface area contributed by atoms with Gasteiger partial charge >= 0.3 is 0 Å². The van der Waals surface area contributed by atoms with Crippen molar-refractivity contribution < 1.29 is 0 Å². The monoisotopic (exact) mass is 227 g/mol. The summed E-state index contributed by atoms with van der Waals surface area (Å²) in [6, 6.07) is 8.70. The van der Waals surface area contributed by atoms with Crippen LogP contribution in [0, 0.1) is 5.92 Å². The number of hydrogen-bond acceptors (Lipinski definition) is 1. The fourth-order valence-corrected chi connectivity index (χ4v) is 2.81. The van der Waals surface area contributed by atoms with Gasteiger partial charge in [-0.3, -0.25) is 4.99 Å². The quantitative estimate of drug-likeness (QED) is 0.534. The molecule has 1 aliphatic rings. The molecule has 0 bridgehead atoms. The second-order valence-electron chi connectivity index (χ2n) is 5.02. The van der Waals surface area contributed by atoms with Gasteiger partial charge < -0.3 is 0 Å². The third kappa shape index (κ3) is 2.66. The summed E-state index contributed by atoms with van der Waals surface area (Å²) in [5, 5.41) is 0. The predicted octanol–water partition coefficient (Wildman–Crippen LogP) is 4.02. The summed E-state index contributed by atoms with van der Waals surface area (Å²) >= 11 is 0. The number of benzene rings is 1. The maximum atomic E-state index is 4.56. The summed E-state index contributed by atoms with van der Waals surface area (Å²) in [7, 11) is 1.92. The zero-order chi connectivity index (χ0) is 12.3. The van der Waals surface area contributed by atoms with Gasteiger partial charge in [0.05, 0.1) is 0 Å². The minimum absolute atomic E-state index is 0.557. The molecular weight excluding hydrogens is 206 g/mol. The molecule has 1 aromatic carbocycles. The number of nitrogens with zero attached hydrogens (tertiary/aromatic N) is 1. The van der Waals surface area contributed by atoms with Gasteiger partial charge in [-0.2, -0.15) is 0 Å². The summed E-state index contributed by atoms with van der Waals surface area (Å²) in [6.07, 6.45) is 4.74. The number of aliphatic imine (C=N–C) groups is 1. The molecule has 0 radical (unpaired) electrons. The molecule has 1 nitrogen and oxygen atoms in total. The molecule has 0 saturated heterocycles. The molecule has 0 N–H and O–H groups in total. The van der Waals surface area contributed by atoms with Crippen LogP contribution in [-0.4, -0.2) is 12.8 Å². The normalized spacial score (nSPS) is 22.0. The standard InChI is InChI=1S/C16H21N/c1-12(2)11-14-9-6-8-13-7-4-5-10-15(13)16(14)17-3/h4-5,7,10,14H,1,6,8-9,11H2,2-3H3. The Bertz CT molecular complexity index is 443. The first-order chi connectivity index (χ1) is 8.22. The van der Waals surface area contributed by atoms with E-state index >= 15 is 0 Å². The van der Waals surface area contributed by atoms with Crippen molar-refractivity contribution >= 4 is 5.71 Å². The van der Waals surface area contributed by atoms with Crippen molar-refractivity contribution in [2.75, 3.05) is 7.05 Å². The summed E-state index contributed by atoms with van der Waals surface area (Å²) in [5.41, 5.74) is 5.35. The molecule has 17 heavy (non-hydrogen) atoms. The van der Waals surface area contributed by atoms with Crippen molar-refractivity contribution in [1.29, 1.82) is 0 Å². The molecule has 0 aliphatic heterocycles. The number of hydrogen-bond donors (Lipinski definition) is 0. The largest absolute Gasteiger partial charge is 0.292 e. The molecule has 1 heteroatoms. The zero-order valence-corrected chi connectivity index (χ0v) is 10.9. The second-order valence-corrected chi connectivity index (χ2v) is 5.02. The van der Waals surface area contributed by atoms with Crippen molar-refractivity contribution in [1.82, 2.24) is 0 Å². The van der Waals surface area contributed by atoms with Crippen LogP contribution in [0.3, 0.4) is 0 Å². The average molecular weight is 227 g/mol. The fraction of sp³-hybridized carbons (Fsp3) is 0.438. The van der Waals surface area contributed by atoms with E-state index in [-0.39, 0.29) is 0 Å². The van der Waals surface area contributed by atoms with E-state index < -0.39 is 0 Å². The lowest BCUT2D eigenvalue weighted by atomic mass is 9.89. The Morgan fingerprint density at radius 1 is 1.41 bits per heavy atom. The van der Waals surface area contributed by atoms with E-state index in [1.807, 2.05) is 7.05 Å². The average Bonchev–Trinajstić information content (AvgIpc) is 2.47. The minimum Gasteiger partial charge on any atom is -0.292 e. The molecule has 1 atom stereocenters. The third-order valence-corrected chi connectivity index (χ3v) is 3.51. The maximum Gasteiger partial charge on any atom is 0.0453 e. The number of rotatable bonds is 2. The molecule has 0 saturated carbocycles. The fourth-order valence-electron chi connectivity index (χ4n) is 2.81. The van der Waals surface area contributed by atoms with E-state index in [1.165, 1.54) is 41.7 Å². The summed E-state index contributed by atoms with van der Waals surface area (Å²) in [4.78, 5) is 4.56. The predicted molar refractivity (Wildman–Crippen MR) is 74.8 cm³/mol. The van der Waals surface area contributed by atoms with E-state index in [4.69, 9.17) is 0 Å². The van der Waals surface area contributed by atoms with Crippen molar-refractivity contribution in [3.8, 4) is 0 Å². The van der Waals surface area contributed by atoms with Crippen molar-refractivity contribution in [3.63, 3.8) is 0 Å². The molecule has 1 unspecified atom stereocenters. The first kappa shape index (κ1) is 12.1. The minimum atomic E-state index is 0.557. The Labute approximate surface area is 104 Å². The molecule has 1 aliphatic carbocycles. The van der Waals surface area contributed by atoms with Gasteiger partial charge in [0.2, 0.25) is 0 Å². The van der Waals surface area contributed by atoms with E-state index in [1.54, 1.807) is 0 Å². The highest BCUT2D eigenvalue weighted by molar-refractivity contribution is 6.03. The molecule has 0 heterocycles. The van der Waals surface area contributed by atoms with Gasteiger partial charge in [0.15, 0.2) is 0 Å². The van der Waals surface area contributed by atoms with Crippen LogP contribution in [0.5, 0.6) is 0 Å². The second kappa shape index (κ2) is 5.31. The first-order valence-electron chi connectivity index (χ1n) is 6.41. The highest BCUT2D eigenvalue weighted by Crippen LogP contribution is 2.28. The van der Waals surface area contributed by atoms with E-state index in [2.05, 4.69) is 42.8 Å². The highest BCUT2D eigenvalue weighted by atomic mass is 14.7. The SMILES string of the molecule is C=C(C)CC1CCCc2ccccc2C1=NC. The topological polar surface area (TPSA) is 12.4 Å². The third-order valence-electron chi connectivity index (χ3n) is 3.51. The van der Waals surface area contributed by atoms with Crippen molar-refractivity contribution in [2.24, 2.45) is 10.9 Å². The zero-order valence-electron chi connectivity index (χ0n) is 10.9. The summed E-state index contributed by atoms with van der Waals surface area (Å²) in [6.45, 7) is 6.16. The van der Waals surface area contributed by atoms with E-state index in [0.717, 1.165) is 6.42 Å². The van der Waals surface area contributed by atoms with Crippen LogP contribution in [0.2, 0.25) is 0 Å². The molecular formula is C16H21N. The first-order valence-corrected chi connectivity index (χ1v) is 6.41. The van der Waals surface area contributed by atoms with Gasteiger partial charge in [-0.25, -0.2) is 0 Å². The van der Waals surface area contributed by atoms with Gasteiger partial charge in [0.1, 0.15) is 0 Å². The van der Waals surface area contributed by atoms with Crippen LogP contribution in [0.25, 0.3) is 0 Å². The lowest BCUT2D eigenvalue weighted by molar-refractivity contribution is 0.595. The van der Waals surface area contributed by atoms with Gasteiger partial charge in [-0.05, 0) is 43.7 Å². The molecule has 2 rings (SSSR count). The van der Waals surface area contributed by atoms with Crippen molar-refractivity contribution in [3.05, 3.63) is 47.5 Å². The van der Waals surface area contributed by atoms with E-state index in [9.17, 15) is 0 Å².